The van der Waals surface area contributed by atoms with Gasteiger partial charge in [-0.3, -0.25) is 4.90 Å². The van der Waals surface area contributed by atoms with Crippen LogP contribution in [0.4, 0.5) is 13.2 Å². The SMILES string of the molecule is FC(F)(F)c1cccc(-c2nnc(C3[C@H]4CN(C5CCC(c6ccccc6)CC5)C[C@@H]34)o2)c1. The standard InChI is InChI=1S/C26H26F3N3O/c27-26(28,29)19-8-4-7-18(13-19)24-30-31-25(33-24)23-21-14-32(15-22(21)23)20-11-9-17(10-12-20)16-5-2-1-3-6-16/h1-8,13,17,20-23H,9-12,14-15H2/t17?,20?,21-,22+,23?. The summed E-state index contributed by atoms with van der Waals surface area (Å²) in [4.78, 5) is 2.64. The molecule has 3 fully saturated rings. The van der Waals surface area contributed by atoms with Crippen LogP contribution in [-0.2, 0) is 6.18 Å². The van der Waals surface area contributed by atoms with Gasteiger partial charge in [0.05, 0.1) is 5.56 Å². The van der Waals surface area contributed by atoms with Crippen molar-refractivity contribution in [2.75, 3.05) is 13.1 Å². The molecule has 4 nitrogen and oxygen atoms in total. The van der Waals surface area contributed by atoms with Crippen LogP contribution >= 0.6 is 0 Å². The van der Waals surface area contributed by atoms with Gasteiger partial charge < -0.3 is 4.42 Å². The summed E-state index contributed by atoms with van der Waals surface area (Å²) in [7, 11) is 0. The molecule has 1 saturated heterocycles. The zero-order valence-corrected chi connectivity index (χ0v) is 18.2. The molecule has 1 aromatic heterocycles. The number of hydrogen-bond donors (Lipinski definition) is 0. The molecule has 0 amide bonds. The van der Waals surface area contributed by atoms with E-state index in [1.807, 2.05) is 0 Å². The zero-order valence-electron chi connectivity index (χ0n) is 18.2. The minimum Gasteiger partial charge on any atom is -0.420 e. The summed E-state index contributed by atoms with van der Waals surface area (Å²) in [5, 5.41) is 8.24. The molecular weight excluding hydrogens is 427 g/mol. The molecule has 0 bridgehead atoms. The summed E-state index contributed by atoms with van der Waals surface area (Å²) < 4.78 is 44.9. The van der Waals surface area contributed by atoms with Crippen molar-refractivity contribution in [1.29, 1.82) is 0 Å². The van der Waals surface area contributed by atoms with Gasteiger partial charge >= 0.3 is 6.18 Å². The van der Waals surface area contributed by atoms with E-state index < -0.39 is 11.7 Å². The number of halogens is 3. The lowest BCUT2D eigenvalue weighted by Crippen LogP contribution is -2.38. The number of likely N-dealkylation sites (tertiary alicyclic amines) is 1. The number of rotatable bonds is 4. The van der Waals surface area contributed by atoms with Crippen LogP contribution in [0.15, 0.2) is 59.0 Å². The highest BCUT2D eigenvalue weighted by molar-refractivity contribution is 5.54. The van der Waals surface area contributed by atoms with Crippen LogP contribution in [0.3, 0.4) is 0 Å². The Bertz CT molecular complexity index is 1110. The quantitative estimate of drug-likeness (QED) is 0.477. The predicted octanol–water partition coefficient (Wildman–Crippen LogP) is 6.13. The van der Waals surface area contributed by atoms with E-state index in [1.165, 1.54) is 37.3 Å². The number of benzene rings is 2. The first kappa shape index (κ1) is 20.9. The first-order valence-electron chi connectivity index (χ1n) is 11.8. The van der Waals surface area contributed by atoms with Crippen LogP contribution < -0.4 is 0 Å². The van der Waals surface area contributed by atoms with Crippen LogP contribution in [0.25, 0.3) is 11.5 Å². The Hall–Kier alpha value is -2.67. The lowest BCUT2D eigenvalue weighted by Gasteiger charge is -2.36. The maximum atomic E-state index is 13.0. The van der Waals surface area contributed by atoms with Gasteiger partial charge in [0.25, 0.3) is 0 Å². The summed E-state index contributed by atoms with van der Waals surface area (Å²) in [5.74, 6) is 2.70. The van der Waals surface area contributed by atoms with E-state index in [9.17, 15) is 13.2 Å². The fourth-order valence-corrected chi connectivity index (χ4v) is 6.04. The maximum Gasteiger partial charge on any atom is 0.416 e. The number of hydrogen-bond acceptors (Lipinski definition) is 4. The Morgan fingerprint density at radius 2 is 1.58 bits per heavy atom. The predicted molar refractivity (Wildman–Crippen MR) is 117 cm³/mol. The van der Waals surface area contributed by atoms with Gasteiger partial charge in [-0.1, -0.05) is 36.4 Å². The second-order valence-corrected chi connectivity index (χ2v) is 9.75. The summed E-state index contributed by atoms with van der Waals surface area (Å²) in [6, 6.07) is 16.6. The Morgan fingerprint density at radius 1 is 0.848 bits per heavy atom. The van der Waals surface area contributed by atoms with Gasteiger partial charge in [-0.05, 0) is 67.2 Å². The molecule has 2 heterocycles. The van der Waals surface area contributed by atoms with Gasteiger partial charge in [0.2, 0.25) is 11.8 Å². The molecule has 33 heavy (non-hydrogen) atoms. The number of fused-ring (bicyclic) bond motifs is 1. The van der Waals surface area contributed by atoms with Gasteiger partial charge in [-0.2, -0.15) is 13.2 Å². The topological polar surface area (TPSA) is 42.2 Å². The monoisotopic (exact) mass is 453 g/mol. The van der Waals surface area contributed by atoms with Gasteiger partial charge in [0.15, 0.2) is 0 Å². The minimum absolute atomic E-state index is 0.164. The average molecular weight is 454 g/mol. The van der Waals surface area contributed by atoms with E-state index in [-0.39, 0.29) is 11.8 Å². The average Bonchev–Trinajstić information content (AvgIpc) is 3.19. The third kappa shape index (κ3) is 3.97. The summed E-state index contributed by atoms with van der Waals surface area (Å²) >= 11 is 0. The molecule has 2 saturated carbocycles. The molecule has 3 aliphatic rings. The van der Waals surface area contributed by atoms with E-state index in [4.69, 9.17) is 4.42 Å². The van der Waals surface area contributed by atoms with Crippen molar-refractivity contribution in [2.24, 2.45) is 11.8 Å². The highest BCUT2D eigenvalue weighted by Crippen LogP contribution is 2.59. The molecule has 2 aromatic carbocycles. The Labute approximate surface area is 190 Å². The molecule has 1 aliphatic heterocycles. The van der Waals surface area contributed by atoms with Crippen molar-refractivity contribution in [3.8, 4) is 11.5 Å². The second-order valence-electron chi connectivity index (χ2n) is 9.75. The van der Waals surface area contributed by atoms with Crippen LogP contribution in [0.2, 0.25) is 0 Å². The van der Waals surface area contributed by atoms with Crippen molar-refractivity contribution in [2.45, 2.75) is 49.7 Å². The smallest absolute Gasteiger partial charge is 0.416 e. The van der Waals surface area contributed by atoms with Crippen LogP contribution in [-0.4, -0.2) is 34.2 Å². The molecule has 3 aromatic rings. The van der Waals surface area contributed by atoms with Gasteiger partial charge in [-0.25, -0.2) is 0 Å². The first-order valence-corrected chi connectivity index (χ1v) is 11.8. The molecule has 6 rings (SSSR count). The Balaban J connectivity index is 1.06. The third-order valence-electron chi connectivity index (χ3n) is 7.87. The maximum absolute atomic E-state index is 13.0. The fourth-order valence-electron chi connectivity index (χ4n) is 6.04. The van der Waals surface area contributed by atoms with E-state index in [0.29, 0.717) is 35.2 Å². The lowest BCUT2D eigenvalue weighted by molar-refractivity contribution is -0.137. The highest BCUT2D eigenvalue weighted by Gasteiger charge is 2.59. The summed E-state index contributed by atoms with van der Waals surface area (Å²) in [6.45, 7) is 2.11. The second kappa shape index (κ2) is 7.97. The van der Waals surface area contributed by atoms with Crippen molar-refractivity contribution in [1.82, 2.24) is 15.1 Å². The summed E-state index contributed by atoms with van der Waals surface area (Å²) in [5.41, 5.74) is 1.07. The van der Waals surface area contributed by atoms with E-state index in [1.54, 1.807) is 6.07 Å². The number of aromatic nitrogens is 2. The molecule has 3 atom stereocenters. The third-order valence-corrected chi connectivity index (χ3v) is 7.87. The first-order chi connectivity index (χ1) is 16.0. The summed E-state index contributed by atoms with van der Waals surface area (Å²) in [6.07, 6.45) is 0.575. The normalized spacial score (nSPS) is 29.7. The minimum atomic E-state index is -4.39. The van der Waals surface area contributed by atoms with Crippen molar-refractivity contribution < 1.29 is 17.6 Å². The zero-order chi connectivity index (χ0) is 22.6. The van der Waals surface area contributed by atoms with Crippen LogP contribution in [0.1, 0.15) is 54.5 Å². The molecule has 2 aliphatic carbocycles. The van der Waals surface area contributed by atoms with Crippen LogP contribution in [0, 0.1) is 11.8 Å². The fraction of sp³-hybridized carbons (Fsp3) is 0.462. The van der Waals surface area contributed by atoms with Crippen molar-refractivity contribution in [3.05, 3.63) is 71.6 Å². The van der Waals surface area contributed by atoms with E-state index in [0.717, 1.165) is 25.2 Å². The van der Waals surface area contributed by atoms with E-state index >= 15 is 0 Å². The largest absolute Gasteiger partial charge is 0.420 e. The Kier molecular flexibility index (Phi) is 5.05. The van der Waals surface area contributed by atoms with Crippen LogP contribution in [0.5, 0.6) is 0 Å². The number of alkyl halides is 3. The molecule has 7 heteroatoms. The van der Waals surface area contributed by atoms with Gasteiger partial charge in [0.1, 0.15) is 0 Å². The van der Waals surface area contributed by atoms with Crippen molar-refractivity contribution in [3.63, 3.8) is 0 Å². The molecule has 172 valence electrons. The lowest BCUT2D eigenvalue weighted by atomic mass is 9.81. The molecule has 0 radical (unpaired) electrons. The number of piperidine rings is 1. The van der Waals surface area contributed by atoms with Crippen molar-refractivity contribution >= 4 is 0 Å². The molecular formula is C26H26F3N3O. The van der Waals surface area contributed by atoms with Gasteiger partial charge in [-0.15, -0.1) is 10.2 Å². The molecule has 1 unspecified atom stereocenters. The number of nitrogens with zero attached hydrogens (tertiary/aromatic N) is 3. The molecule has 0 spiro atoms. The molecule has 0 N–H and O–H groups in total. The Morgan fingerprint density at radius 3 is 2.27 bits per heavy atom. The van der Waals surface area contributed by atoms with Gasteiger partial charge in [0, 0.05) is 30.6 Å². The van der Waals surface area contributed by atoms with E-state index in [2.05, 4.69) is 45.4 Å². The highest BCUT2D eigenvalue weighted by atomic mass is 19.4.